The Morgan fingerprint density at radius 1 is 1.03 bits per heavy atom. The number of hydrogen-bond acceptors (Lipinski definition) is 6. The minimum absolute atomic E-state index is 0.0355. The summed E-state index contributed by atoms with van der Waals surface area (Å²) in [6, 6.07) is 15.3. The number of carbonyl (C=O) groups excluding carboxylic acids is 1. The molecule has 2 aromatic carbocycles. The Kier molecular flexibility index (Phi) is 7.39. The van der Waals surface area contributed by atoms with Crippen LogP contribution in [-0.4, -0.2) is 36.2 Å². The molecule has 0 unspecified atom stereocenters. The van der Waals surface area contributed by atoms with Crippen molar-refractivity contribution in [3.8, 4) is 11.5 Å². The molecule has 0 fully saturated rings. The van der Waals surface area contributed by atoms with E-state index in [9.17, 15) is 18.0 Å². The zero-order valence-electron chi connectivity index (χ0n) is 18.5. The summed E-state index contributed by atoms with van der Waals surface area (Å²) in [4.78, 5) is 24.8. The summed E-state index contributed by atoms with van der Waals surface area (Å²) < 4.78 is 44.5. The van der Waals surface area contributed by atoms with Crippen LogP contribution in [0.4, 0.5) is 13.2 Å². The number of rotatable bonds is 8. The normalized spacial score (nSPS) is 12.8. The Labute approximate surface area is 199 Å². The molecule has 0 aliphatic carbocycles. The summed E-state index contributed by atoms with van der Waals surface area (Å²) >= 11 is 0. The lowest BCUT2D eigenvalue weighted by molar-refractivity contribution is -0.137. The number of nitrogens with zero attached hydrogens (tertiary/aromatic N) is 3. The number of aromatic nitrogens is 1. The van der Waals surface area contributed by atoms with Crippen LogP contribution in [0.2, 0.25) is 0 Å². The van der Waals surface area contributed by atoms with E-state index in [0.29, 0.717) is 37.0 Å². The fourth-order valence-electron chi connectivity index (χ4n) is 3.34. The lowest BCUT2D eigenvalue weighted by Crippen LogP contribution is -2.26. The fraction of sp³-hybridized carbons (Fsp3) is 0.200. The molecule has 2 heterocycles. The fourth-order valence-corrected chi connectivity index (χ4v) is 3.34. The highest BCUT2D eigenvalue weighted by molar-refractivity contribution is 5.94. The number of alkyl halides is 3. The van der Waals surface area contributed by atoms with Gasteiger partial charge in [0.25, 0.3) is 5.91 Å². The van der Waals surface area contributed by atoms with E-state index >= 15 is 0 Å². The van der Waals surface area contributed by atoms with Crippen LogP contribution in [-0.2, 0) is 19.1 Å². The summed E-state index contributed by atoms with van der Waals surface area (Å²) in [5, 5.41) is 5.75. The molecule has 1 amide bonds. The molecule has 1 aliphatic heterocycles. The maximum atomic E-state index is 12.9. The number of carbonyl (C=O) groups is 1. The van der Waals surface area contributed by atoms with Gasteiger partial charge in [-0.1, -0.05) is 18.2 Å². The van der Waals surface area contributed by atoms with Gasteiger partial charge in [0.05, 0.1) is 24.3 Å². The quantitative estimate of drug-likeness (QED) is 0.500. The Hall–Kier alpha value is -4.21. The first-order chi connectivity index (χ1) is 16.9. The monoisotopic (exact) mass is 481 g/mol. The Morgan fingerprint density at radius 2 is 1.86 bits per heavy atom. The van der Waals surface area contributed by atoms with Gasteiger partial charge in [0, 0.05) is 30.6 Å². The number of pyridine rings is 1. The van der Waals surface area contributed by atoms with E-state index in [1.54, 1.807) is 18.5 Å². The van der Waals surface area contributed by atoms with Crippen molar-refractivity contribution < 1.29 is 22.7 Å². The first-order valence-corrected chi connectivity index (χ1v) is 10.8. The second-order valence-corrected chi connectivity index (χ2v) is 7.65. The molecule has 7 nitrogen and oxygen atoms in total. The number of nitrogens with one attached hydrogen (secondary N) is 2. The molecule has 0 saturated carbocycles. The van der Waals surface area contributed by atoms with E-state index < -0.39 is 17.6 Å². The highest BCUT2D eigenvalue weighted by Crippen LogP contribution is 2.29. The van der Waals surface area contributed by atoms with Crippen LogP contribution < -0.4 is 15.4 Å². The van der Waals surface area contributed by atoms with Crippen molar-refractivity contribution in [3.63, 3.8) is 0 Å². The molecule has 180 valence electrons. The van der Waals surface area contributed by atoms with Crippen molar-refractivity contribution >= 4 is 18.1 Å². The summed E-state index contributed by atoms with van der Waals surface area (Å²) in [5.74, 6) is 1.24. The third kappa shape index (κ3) is 6.89. The molecule has 0 atom stereocenters. The maximum absolute atomic E-state index is 12.9. The first kappa shape index (κ1) is 23.9. The third-order valence-corrected chi connectivity index (χ3v) is 5.04. The molecular weight excluding hydrogens is 459 g/mol. The number of aliphatic imine (C=N–C) groups is 2. The average molecular weight is 481 g/mol. The summed E-state index contributed by atoms with van der Waals surface area (Å²) in [7, 11) is 0. The largest absolute Gasteiger partial charge is 0.457 e. The summed E-state index contributed by atoms with van der Waals surface area (Å²) in [6.07, 6.45) is -0.642. The second kappa shape index (κ2) is 10.8. The van der Waals surface area contributed by atoms with Crippen molar-refractivity contribution in [2.24, 2.45) is 9.98 Å². The van der Waals surface area contributed by atoms with E-state index in [2.05, 4.69) is 25.6 Å². The van der Waals surface area contributed by atoms with Gasteiger partial charge in [0.1, 0.15) is 11.5 Å². The van der Waals surface area contributed by atoms with Crippen LogP contribution in [0.5, 0.6) is 11.5 Å². The molecule has 0 radical (unpaired) electrons. The molecule has 1 aromatic heterocycles. The van der Waals surface area contributed by atoms with Crippen LogP contribution in [0.1, 0.15) is 27.2 Å². The van der Waals surface area contributed by atoms with Crippen molar-refractivity contribution in [1.82, 2.24) is 15.6 Å². The Balaban J connectivity index is 1.30. The lowest BCUT2D eigenvalue weighted by Gasteiger charge is -2.11. The zero-order valence-corrected chi connectivity index (χ0v) is 18.5. The van der Waals surface area contributed by atoms with Crippen molar-refractivity contribution in [3.05, 3.63) is 89.2 Å². The molecule has 2 N–H and O–H groups in total. The number of benzene rings is 2. The third-order valence-electron chi connectivity index (χ3n) is 5.04. The number of guanidine groups is 1. The van der Waals surface area contributed by atoms with E-state index in [1.807, 2.05) is 30.3 Å². The van der Waals surface area contributed by atoms with Gasteiger partial charge in [-0.05, 0) is 48.4 Å². The van der Waals surface area contributed by atoms with Crippen LogP contribution in [0.25, 0.3) is 0 Å². The molecule has 0 bridgehead atoms. The predicted molar refractivity (Wildman–Crippen MR) is 126 cm³/mol. The minimum Gasteiger partial charge on any atom is -0.457 e. The Bertz CT molecular complexity index is 1260. The highest BCUT2D eigenvalue weighted by atomic mass is 19.4. The molecule has 4 rings (SSSR count). The van der Waals surface area contributed by atoms with Crippen LogP contribution in [0, 0.1) is 0 Å². The molecule has 3 aromatic rings. The van der Waals surface area contributed by atoms with Crippen molar-refractivity contribution in [1.29, 1.82) is 0 Å². The van der Waals surface area contributed by atoms with Gasteiger partial charge in [-0.25, -0.2) is 9.98 Å². The SMILES string of the molecule is O=C(NCCc1cccc(Oc2ccnc(CNC3=NCC=N3)c2)c1)c1cccc(C(F)(F)F)c1. The number of ether oxygens (including phenoxy) is 1. The predicted octanol–water partition coefficient (Wildman–Crippen LogP) is 4.40. The minimum atomic E-state index is -4.50. The first-order valence-electron chi connectivity index (χ1n) is 10.8. The van der Waals surface area contributed by atoms with Gasteiger partial charge in [-0.2, -0.15) is 13.2 Å². The van der Waals surface area contributed by atoms with Gasteiger partial charge >= 0.3 is 6.18 Å². The molecule has 0 spiro atoms. The lowest BCUT2D eigenvalue weighted by atomic mass is 10.1. The van der Waals surface area contributed by atoms with Gasteiger partial charge < -0.3 is 15.4 Å². The van der Waals surface area contributed by atoms with Crippen LogP contribution in [0.15, 0.2) is 76.8 Å². The second-order valence-electron chi connectivity index (χ2n) is 7.65. The maximum Gasteiger partial charge on any atom is 0.416 e. The van der Waals surface area contributed by atoms with E-state index in [-0.39, 0.29) is 12.1 Å². The van der Waals surface area contributed by atoms with E-state index in [1.165, 1.54) is 12.1 Å². The smallest absolute Gasteiger partial charge is 0.416 e. The summed E-state index contributed by atoms with van der Waals surface area (Å²) in [5.41, 5.74) is 0.776. The van der Waals surface area contributed by atoms with Gasteiger partial charge in [-0.15, -0.1) is 0 Å². The van der Waals surface area contributed by atoms with Gasteiger partial charge in [0.2, 0.25) is 5.96 Å². The van der Waals surface area contributed by atoms with E-state index in [4.69, 9.17) is 4.74 Å². The number of amides is 1. The van der Waals surface area contributed by atoms with Gasteiger partial charge in [-0.3, -0.25) is 9.78 Å². The zero-order chi connectivity index (χ0) is 24.7. The molecular formula is C25H22F3N5O2. The van der Waals surface area contributed by atoms with Crippen LogP contribution >= 0.6 is 0 Å². The number of hydrogen-bond donors (Lipinski definition) is 2. The number of halogens is 3. The Morgan fingerprint density at radius 3 is 2.66 bits per heavy atom. The highest BCUT2D eigenvalue weighted by Gasteiger charge is 2.30. The molecule has 10 heteroatoms. The van der Waals surface area contributed by atoms with Crippen molar-refractivity contribution in [2.75, 3.05) is 13.1 Å². The van der Waals surface area contributed by atoms with Gasteiger partial charge in [0.15, 0.2) is 0 Å². The molecule has 35 heavy (non-hydrogen) atoms. The van der Waals surface area contributed by atoms with Crippen LogP contribution in [0.3, 0.4) is 0 Å². The van der Waals surface area contributed by atoms with E-state index in [0.717, 1.165) is 23.4 Å². The topological polar surface area (TPSA) is 88.0 Å². The summed E-state index contributed by atoms with van der Waals surface area (Å²) in [6.45, 7) is 1.29. The molecule has 0 saturated heterocycles. The van der Waals surface area contributed by atoms with Crippen molar-refractivity contribution in [2.45, 2.75) is 19.1 Å². The standard InChI is InChI=1S/C25H22F3N5O2/c26-25(27,28)19-5-2-4-18(14-19)23(34)30-9-7-17-3-1-6-21(13-17)35-22-8-10-29-20(15-22)16-33-24-31-11-12-32-24/h1-6,8,10-11,13-15H,7,9,12,16H2,(H,30,34)(H,32,33). The molecule has 1 aliphatic rings. The average Bonchev–Trinajstić information content (AvgIpc) is 3.37.